The van der Waals surface area contributed by atoms with Gasteiger partial charge in [-0.15, -0.1) is 0 Å². The highest BCUT2D eigenvalue weighted by atomic mass is 16.5. The first-order valence-electron chi connectivity index (χ1n) is 9.58. The molecule has 6 nitrogen and oxygen atoms in total. The predicted octanol–water partition coefficient (Wildman–Crippen LogP) is 0.545. The summed E-state index contributed by atoms with van der Waals surface area (Å²) in [4.78, 5) is 19.3. The van der Waals surface area contributed by atoms with Gasteiger partial charge in [0.05, 0.1) is 12.7 Å². The van der Waals surface area contributed by atoms with Gasteiger partial charge in [-0.25, -0.2) is 0 Å². The monoisotopic (exact) mass is 339 g/mol. The number of morpholine rings is 1. The summed E-state index contributed by atoms with van der Waals surface area (Å²) in [6.45, 7) is 11.5. The lowest BCUT2D eigenvalue weighted by Crippen LogP contribution is -2.57. The molecule has 1 atom stereocenters. The smallest absolute Gasteiger partial charge is 0.254 e. The summed E-state index contributed by atoms with van der Waals surface area (Å²) in [5.74, 6) is -0.0421. The van der Waals surface area contributed by atoms with Crippen molar-refractivity contribution in [3.05, 3.63) is 0 Å². The Morgan fingerprint density at radius 3 is 2.46 bits per heavy atom. The number of aliphatic hydroxyl groups is 1. The molecular formula is C18H33N3O3. The summed E-state index contributed by atoms with van der Waals surface area (Å²) in [5.41, 5.74) is -1.08. The van der Waals surface area contributed by atoms with Crippen molar-refractivity contribution in [2.75, 3.05) is 52.4 Å². The first-order valence-corrected chi connectivity index (χ1v) is 9.58. The van der Waals surface area contributed by atoms with Crippen LogP contribution in [0, 0.1) is 0 Å². The minimum Gasteiger partial charge on any atom is -0.380 e. The van der Waals surface area contributed by atoms with Crippen LogP contribution < -0.4 is 0 Å². The van der Waals surface area contributed by atoms with Crippen LogP contribution in [0.4, 0.5) is 0 Å². The molecule has 2 heterocycles. The summed E-state index contributed by atoms with van der Waals surface area (Å²) >= 11 is 0. The molecule has 0 spiro atoms. The quantitative estimate of drug-likeness (QED) is 0.810. The maximum atomic E-state index is 12.6. The third kappa shape index (κ3) is 4.10. The zero-order chi connectivity index (χ0) is 17.2. The maximum absolute atomic E-state index is 12.6. The third-order valence-electron chi connectivity index (χ3n) is 5.85. The van der Waals surface area contributed by atoms with Crippen molar-refractivity contribution in [2.24, 2.45) is 0 Å². The molecule has 1 unspecified atom stereocenters. The van der Waals surface area contributed by atoms with Gasteiger partial charge in [0.1, 0.15) is 5.60 Å². The van der Waals surface area contributed by atoms with Crippen molar-refractivity contribution in [3.63, 3.8) is 0 Å². The van der Waals surface area contributed by atoms with Crippen molar-refractivity contribution in [2.45, 2.75) is 57.3 Å². The van der Waals surface area contributed by atoms with Gasteiger partial charge in [-0.1, -0.05) is 0 Å². The summed E-state index contributed by atoms with van der Waals surface area (Å²) in [5, 5.41) is 10.5. The van der Waals surface area contributed by atoms with Crippen LogP contribution in [0.25, 0.3) is 0 Å². The molecule has 1 aliphatic carbocycles. The lowest BCUT2D eigenvalue weighted by atomic mass is 10.00. The fourth-order valence-electron chi connectivity index (χ4n) is 4.21. The van der Waals surface area contributed by atoms with Gasteiger partial charge in [-0.3, -0.25) is 14.6 Å². The number of amides is 1. The molecule has 6 heteroatoms. The van der Waals surface area contributed by atoms with E-state index in [0.29, 0.717) is 18.9 Å². The Balaban J connectivity index is 1.44. The first kappa shape index (κ1) is 18.1. The molecule has 0 bridgehead atoms. The van der Waals surface area contributed by atoms with Gasteiger partial charge < -0.3 is 14.7 Å². The molecule has 1 amide bonds. The number of carbonyl (C=O) groups is 1. The van der Waals surface area contributed by atoms with Crippen LogP contribution in [0.1, 0.15) is 39.5 Å². The number of hydrogen-bond acceptors (Lipinski definition) is 5. The highest BCUT2D eigenvalue weighted by Gasteiger charge is 2.42. The Labute approximate surface area is 145 Å². The lowest BCUT2D eigenvalue weighted by Gasteiger charge is -2.41. The molecule has 0 radical (unpaired) electrons. The van der Waals surface area contributed by atoms with E-state index in [1.165, 1.54) is 0 Å². The van der Waals surface area contributed by atoms with E-state index in [1.807, 2.05) is 4.90 Å². The average Bonchev–Trinajstić information content (AvgIpc) is 3.03. The molecule has 0 aromatic rings. The molecular weight excluding hydrogens is 306 g/mol. The summed E-state index contributed by atoms with van der Waals surface area (Å²) in [7, 11) is 0. The number of nitrogens with zero attached hydrogens (tertiary/aromatic N) is 3. The van der Waals surface area contributed by atoms with Crippen molar-refractivity contribution in [3.8, 4) is 0 Å². The third-order valence-corrected chi connectivity index (χ3v) is 5.85. The van der Waals surface area contributed by atoms with E-state index in [4.69, 9.17) is 4.74 Å². The molecule has 3 aliphatic rings. The molecule has 2 aliphatic heterocycles. The van der Waals surface area contributed by atoms with E-state index in [1.54, 1.807) is 0 Å². The van der Waals surface area contributed by atoms with Gasteiger partial charge in [-0.05, 0) is 39.5 Å². The highest BCUT2D eigenvalue weighted by molar-refractivity contribution is 5.85. The van der Waals surface area contributed by atoms with Crippen LogP contribution in [0.15, 0.2) is 0 Å². The van der Waals surface area contributed by atoms with Crippen LogP contribution in [-0.4, -0.2) is 95.9 Å². The van der Waals surface area contributed by atoms with E-state index in [2.05, 4.69) is 23.6 Å². The fraction of sp³-hybridized carbons (Fsp3) is 0.944. The van der Waals surface area contributed by atoms with E-state index in [9.17, 15) is 9.90 Å². The van der Waals surface area contributed by atoms with Crippen LogP contribution in [-0.2, 0) is 9.53 Å². The van der Waals surface area contributed by atoms with E-state index in [-0.39, 0.29) is 12.0 Å². The van der Waals surface area contributed by atoms with E-state index < -0.39 is 5.60 Å². The zero-order valence-corrected chi connectivity index (χ0v) is 15.2. The van der Waals surface area contributed by atoms with E-state index in [0.717, 1.165) is 65.3 Å². The topological polar surface area (TPSA) is 56.2 Å². The second-order valence-corrected chi connectivity index (χ2v) is 7.91. The second-order valence-electron chi connectivity index (χ2n) is 7.91. The minimum absolute atomic E-state index is 0.0421. The molecule has 1 saturated carbocycles. The Kier molecular flexibility index (Phi) is 5.80. The minimum atomic E-state index is -1.08. The Morgan fingerprint density at radius 2 is 1.83 bits per heavy atom. The molecule has 1 N–H and O–H groups in total. The molecule has 0 aromatic carbocycles. The number of ether oxygens (including phenoxy) is 1. The number of hydrogen-bond donors (Lipinski definition) is 1. The van der Waals surface area contributed by atoms with E-state index >= 15 is 0 Å². The molecule has 24 heavy (non-hydrogen) atoms. The van der Waals surface area contributed by atoms with Crippen molar-refractivity contribution >= 4 is 5.91 Å². The summed E-state index contributed by atoms with van der Waals surface area (Å²) in [6, 6.07) is 0.568. The van der Waals surface area contributed by atoms with Crippen LogP contribution in [0.2, 0.25) is 0 Å². The Hall–Kier alpha value is -0.690. The zero-order valence-electron chi connectivity index (χ0n) is 15.2. The lowest BCUT2D eigenvalue weighted by molar-refractivity contribution is -0.152. The molecule has 0 aromatic heterocycles. The van der Waals surface area contributed by atoms with Gasteiger partial charge in [-0.2, -0.15) is 0 Å². The van der Waals surface area contributed by atoms with Crippen molar-refractivity contribution in [1.82, 2.24) is 14.7 Å². The molecule has 2 saturated heterocycles. The van der Waals surface area contributed by atoms with Gasteiger partial charge >= 0.3 is 0 Å². The molecule has 3 rings (SSSR count). The SMILES string of the molecule is CC(C)N1CCOC(CN2CCN(C(=O)C3(O)CCCC3)CC2)C1. The molecule has 138 valence electrons. The van der Waals surface area contributed by atoms with Crippen LogP contribution in [0.5, 0.6) is 0 Å². The predicted molar refractivity (Wildman–Crippen MR) is 92.9 cm³/mol. The fourth-order valence-corrected chi connectivity index (χ4v) is 4.21. The second kappa shape index (κ2) is 7.68. The summed E-state index contributed by atoms with van der Waals surface area (Å²) in [6.07, 6.45) is 3.46. The Bertz CT molecular complexity index is 429. The van der Waals surface area contributed by atoms with Gasteiger partial charge in [0, 0.05) is 51.9 Å². The number of rotatable bonds is 4. The summed E-state index contributed by atoms with van der Waals surface area (Å²) < 4.78 is 5.93. The van der Waals surface area contributed by atoms with Gasteiger partial charge in [0.15, 0.2) is 0 Å². The highest BCUT2D eigenvalue weighted by Crippen LogP contribution is 2.31. The number of carbonyl (C=O) groups excluding carboxylic acids is 1. The average molecular weight is 339 g/mol. The van der Waals surface area contributed by atoms with Gasteiger partial charge in [0.25, 0.3) is 5.91 Å². The van der Waals surface area contributed by atoms with Crippen LogP contribution >= 0.6 is 0 Å². The maximum Gasteiger partial charge on any atom is 0.254 e. The normalized spacial score (nSPS) is 29.3. The largest absolute Gasteiger partial charge is 0.380 e. The van der Waals surface area contributed by atoms with Gasteiger partial charge in [0.2, 0.25) is 0 Å². The van der Waals surface area contributed by atoms with Crippen molar-refractivity contribution in [1.29, 1.82) is 0 Å². The van der Waals surface area contributed by atoms with Crippen molar-refractivity contribution < 1.29 is 14.6 Å². The number of piperazine rings is 1. The molecule has 3 fully saturated rings. The van der Waals surface area contributed by atoms with Crippen LogP contribution in [0.3, 0.4) is 0 Å². The Morgan fingerprint density at radius 1 is 1.17 bits per heavy atom. The first-order chi connectivity index (χ1) is 11.5. The standard InChI is InChI=1S/C18H33N3O3/c1-15(2)21-11-12-24-16(14-21)13-19-7-9-20(10-8-19)17(22)18(23)5-3-4-6-18/h15-16,23H,3-14H2,1-2H3.